The van der Waals surface area contributed by atoms with Crippen molar-refractivity contribution < 1.29 is 36.6 Å². The molecule has 14 nitrogen and oxygen atoms in total. The number of ether oxygens (including phenoxy) is 1. The highest BCUT2D eigenvalue weighted by molar-refractivity contribution is 7.90. The van der Waals surface area contributed by atoms with Gasteiger partial charge in [-0.3, -0.25) is 0 Å². The summed E-state index contributed by atoms with van der Waals surface area (Å²) >= 11 is 11.7. The molecule has 3 heterocycles. The molecule has 3 N–H and O–H groups in total. The van der Waals surface area contributed by atoms with Gasteiger partial charge in [0, 0.05) is 65.4 Å². The first-order valence-electron chi connectivity index (χ1n) is 20.0. The zero-order chi connectivity index (χ0) is 47.0. The van der Waals surface area contributed by atoms with Crippen LogP contribution in [0.1, 0.15) is 42.5 Å². The van der Waals surface area contributed by atoms with E-state index in [1.807, 2.05) is 36.5 Å². The molecule has 0 saturated heterocycles. The van der Waals surface area contributed by atoms with Crippen LogP contribution < -0.4 is 10.6 Å². The van der Waals surface area contributed by atoms with Gasteiger partial charge >= 0.3 is 11.9 Å². The Morgan fingerprint density at radius 3 is 1.91 bits per heavy atom. The standard InChI is InChI=1S/C25H19ClFN5O2.C22H19ClFN3O4S/c26-20-13-18(7-8-21(20)27)29-25-28-14-19(17-3-1-2-15(12-17)4-9-23(33)34)24(30-25)32-11-10-22(31-32)16-5-6-16;1-3-31-20(28)10-7-14-5-4-6-15(11-14)17-13-25-22(27-21(17)32(2,29)30)26-16-8-9-19(24)18(23)12-16/h1-4,7-14,16H,5-6H2,(H,33,34)(H,28,29,30);4-13H,3H2,1-2H3,(H,25,26,27)/b9-4+;10-7+. The van der Waals surface area contributed by atoms with E-state index < -0.39 is 33.4 Å². The van der Waals surface area contributed by atoms with Gasteiger partial charge < -0.3 is 20.5 Å². The van der Waals surface area contributed by atoms with Crippen molar-refractivity contribution in [2.24, 2.45) is 0 Å². The van der Waals surface area contributed by atoms with Crippen molar-refractivity contribution in [3.63, 3.8) is 0 Å². The van der Waals surface area contributed by atoms with Gasteiger partial charge in [-0.15, -0.1) is 0 Å². The second kappa shape index (κ2) is 20.7. The van der Waals surface area contributed by atoms with Gasteiger partial charge in [0.25, 0.3) is 0 Å². The molecule has 19 heteroatoms. The predicted octanol–water partition coefficient (Wildman–Crippen LogP) is 10.5. The molecule has 336 valence electrons. The van der Waals surface area contributed by atoms with Gasteiger partial charge in [0.05, 0.1) is 22.3 Å². The van der Waals surface area contributed by atoms with Crippen LogP contribution in [-0.4, -0.2) is 68.0 Å². The van der Waals surface area contributed by atoms with Crippen molar-refractivity contribution in [3.05, 3.63) is 160 Å². The van der Waals surface area contributed by atoms with Crippen LogP contribution in [0.5, 0.6) is 0 Å². The fourth-order valence-electron chi connectivity index (χ4n) is 6.32. The summed E-state index contributed by atoms with van der Waals surface area (Å²) in [6.45, 7) is 1.98. The molecule has 1 aliphatic rings. The topological polar surface area (TPSA) is 191 Å². The Kier molecular flexibility index (Phi) is 14.6. The number of esters is 1. The highest BCUT2D eigenvalue weighted by Crippen LogP contribution is 2.39. The minimum absolute atomic E-state index is 0.00535. The van der Waals surface area contributed by atoms with E-state index in [9.17, 15) is 26.8 Å². The van der Waals surface area contributed by atoms with Crippen LogP contribution in [-0.2, 0) is 24.2 Å². The molecule has 1 fully saturated rings. The molecule has 0 amide bonds. The largest absolute Gasteiger partial charge is 0.478 e. The number of hydrogen-bond donors (Lipinski definition) is 3. The van der Waals surface area contributed by atoms with E-state index in [4.69, 9.17) is 43.1 Å². The average Bonchev–Trinajstić information content (AvgIpc) is 4.03. The average molecular weight is 952 g/mol. The quantitative estimate of drug-likeness (QED) is 0.0531. The Hall–Kier alpha value is -7.34. The molecule has 0 unspecified atom stereocenters. The maximum absolute atomic E-state index is 13.5. The Morgan fingerprint density at radius 2 is 1.36 bits per heavy atom. The second-order valence-corrected chi connectivity index (χ2v) is 17.3. The third-order valence-corrected chi connectivity index (χ3v) is 11.2. The Labute approximate surface area is 387 Å². The van der Waals surface area contributed by atoms with Crippen LogP contribution in [0.3, 0.4) is 0 Å². The van der Waals surface area contributed by atoms with Gasteiger partial charge in [0.1, 0.15) is 11.6 Å². The highest BCUT2D eigenvalue weighted by Gasteiger charge is 2.27. The molecule has 0 spiro atoms. The number of aromatic nitrogens is 6. The lowest BCUT2D eigenvalue weighted by Gasteiger charge is -2.12. The minimum atomic E-state index is -3.73. The summed E-state index contributed by atoms with van der Waals surface area (Å²) in [7, 11) is -3.73. The van der Waals surface area contributed by atoms with E-state index in [1.165, 1.54) is 48.7 Å². The zero-order valence-corrected chi connectivity index (χ0v) is 37.3. The summed E-state index contributed by atoms with van der Waals surface area (Å²) in [4.78, 5) is 39.9. The number of hydrogen-bond acceptors (Lipinski definition) is 12. The molecule has 0 aliphatic heterocycles. The van der Waals surface area contributed by atoms with Gasteiger partial charge in [-0.2, -0.15) is 10.1 Å². The summed E-state index contributed by atoms with van der Waals surface area (Å²) in [6.07, 6.45) is 13.7. The summed E-state index contributed by atoms with van der Waals surface area (Å²) < 4.78 is 58.3. The van der Waals surface area contributed by atoms with Crippen molar-refractivity contribution in [2.45, 2.75) is 30.7 Å². The predicted molar refractivity (Wildman–Crippen MR) is 249 cm³/mol. The van der Waals surface area contributed by atoms with E-state index in [2.05, 4.69) is 25.6 Å². The first-order chi connectivity index (χ1) is 31.6. The lowest BCUT2D eigenvalue weighted by atomic mass is 10.0. The summed E-state index contributed by atoms with van der Waals surface area (Å²) in [5.74, 6) is -1.24. The molecule has 66 heavy (non-hydrogen) atoms. The molecule has 7 aromatic rings. The minimum Gasteiger partial charge on any atom is -0.478 e. The van der Waals surface area contributed by atoms with Crippen molar-refractivity contribution >= 4 is 80.4 Å². The van der Waals surface area contributed by atoms with Gasteiger partial charge in [-0.25, -0.2) is 46.4 Å². The third-order valence-electron chi connectivity index (χ3n) is 9.56. The number of benzene rings is 4. The molecule has 1 aliphatic carbocycles. The number of carbonyl (C=O) groups excluding carboxylic acids is 1. The first-order valence-corrected chi connectivity index (χ1v) is 22.7. The number of nitrogens with one attached hydrogen (secondary N) is 2. The molecule has 1 saturated carbocycles. The number of sulfone groups is 1. The van der Waals surface area contributed by atoms with E-state index in [-0.39, 0.29) is 27.6 Å². The van der Waals surface area contributed by atoms with Crippen LogP contribution >= 0.6 is 23.2 Å². The Balaban J connectivity index is 0.000000197. The first kappa shape index (κ1) is 46.6. The van der Waals surface area contributed by atoms with Gasteiger partial charge in [0.15, 0.2) is 20.7 Å². The van der Waals surface area contributed by atoms with E-state index >= 15 is 0 Å². The van der Waals surface area contributed by atoms with Gasteiger partial charge in [-0.05, 0) is 109 Å². The van der Waals surface area contributed by atoms with Gasteiger partial charge in [-0.1, -0.05) is 59.6 Å². The van der Waals surface area contributed by atoms with E-state index in [0.717, 1.165) is 47.6 Å². The molecular formula is C47H38Cl2F2N8O6S. The Morgan fingerprint density at radius 1 is 0.803 bits per heavy atom. The lowest BCUT2D eigenvalue weighted by Crippen LogP contribution is -2.07. The van der Waals surface area contributed by atoms with E-state index in [1.54, 1.807) is 54.2 Å². The maximum atomic E-state index is 13.5. The maximum Gasteiger partial charge on any atom is 0.330 e. The number of carbonyl (C=O) groups is 2. The van der Waals surface area contributed by atoms with Crippen molar-refractivity contribution in [2.75, 3.05) is 23.5 Å². The zero-order valence-electron chi connectivity index (χ0n) is 35.0. The third kappa shape index (κ3) is 12.3. The number of aliphatic carboxylic acids is 1. The highest BCUT2D eigenvalue weighted by atomic mass is 35.5. The van der Waals surface area contributed by atoms with Crippen LogP contribution in [0.15, 0.2) is 127 Å². The fraction of sp³-hybridized carbons (Fsp3) is 0.128. The molecule has 4 aromatic carbocycles. The van der Waals surface area contributed by atoms with Crippen molar-refractivity contribution in [1.29, 1.82) is 0 Å². The molecule has 8 rings (SSSR count). The van der Waals surface area contributed by atoms with E-state index in [0.29, 0.717) is 45.7 Å². The number of halogens is 4. The summed E-state index contributed by atoms with van der Waals surface area (Å²) in [6, 6.07) is 24.5. The van der Waals surface area contributed by atoms with Crippen LogP contribution in [0.2, 0.25) is 10.0 Å². The van der Waals surface area contributed by atoms with Crippen LogP contribution in [0, 0.1) is 11.6 Å². The summed E-state index contributed by atoms with van der Waals surface area (Å²) in [5, 5.41) is 19.2. The second-order valence-electron chi connectivity index (χ2n) is 14.6. The Bertz CT molecular complexity index is 3130. The number of carboxylic acid groups (broad SMARTS) is 1. The normalized spacial score (nSPS) is 12.5. The van der Waals surface area contributed by atoms with Crippen molar-refractivity contribution in [1.82, 2.24) is 29.7 Å². The van der Waals surface area contributed by atoms with Gasteiger partial charge in [0.2, 0.25) is 11.9 Å². The van der Waals surface area contributed by atoms with Crippen molar-refractivity contribution in [3.8, 4) is 28.1 Å². The number of rotatable bonds is 14. The monoisotopic (exact) mass is 950 g/mol. The fourth-order valence-corrected chi connectivity index (χ4v) is 7.50. The van der Waals surface area contributed by atoms with Crippen LogP contribution in [0.4, 0.5) is 32.1 Å². The summed E-state index contributed by atoms with van der Waals surface area (Å²) in [5.41, 5.74) is 5.73. The molecule has 0 bridgehead atoms. The molecular weight excluding hydrogens is 914 g/mol. The smallest absolute Gasteiger partial charge is 0.330 e. The lowest BCUT2D eigenvalue weighted by molar-refractivity contribution is -0.137. The van der Waals surface area contributed by atoms with Crippen LogP contribution in [0.25, 0.3) is 40.2 Å². The molecule has 3 aromatic heterocycles. The molecule has 0 atom stereocenters. The SMILES string of the molecule is CCOC(=O)/C=C/c1cccc(-c2cnc(Nc3ccc(F)c(Cl)c3)nc2S(C)(=O)=O)c1.O=C(O)/C=C/c1cccc(-c2cnc(Nc3ccc(F)c(Cl)c3)nc2-n2ccc(C3CC3)n2)c1. The molecule has 0 radical (unpaired) electrons. The number of carboxylic acids is 1. The number of anilines is 4. The number of nitrogens with zero attached hydrogens (tertiary/aromatic N) is 6.